The Hall–Kier alpha value is -3.98. The average Bonchev–Trinajstić information content (AvgIpc) is 2.93. The number of nitrogens with one attached hydrogen (secondary N) is 1. The van der Waals surface area contributed by atoms with E-state index < -0.39 is 21.9 Å². The van der Waals surface area contributed by atoms with E-state index in [4.69, 9.17) is 0 Å². The largest absolute Gasteiger partial charge is 0.416 e. The molecule has 4 nitrogen and oxygen atoms in total. The maximum atomic E-state index is 13.0. The highest BCUT2D eigenvalue weighted by atomic mass is 32.2. The molecule has 0 atom stereocenters. The molecule has 5 rings (SSSR count). The van der Waals surface area contributed by atoms with E-state index in [2.05, 4.69) is 11.4 Å². The van der Waals surface area contributed by atoms with Crippen molar-refractivity contribution in [2.75, 3.05) is 0 Å². The first-order valence-corrected chi connectivity index (χ1v) is 14.5. The number of alkyl halides is 3. The van der Waals surface area contributed by atoms with Gasteiger partial charge >= 0.3 is 6.18 Å². The number of fused-ring (bicyclic) bond motifs is 1. The first-order valence-electron chi connectivity index (χ1n) is 13.0. The Balaban J connectivity index is 1.30. The highest BCUT2D eigenvalue weighted by Gasteiger charge is 2.30. The average molecular weight is 576 g/mol. The zero-order chi connectivity index (χ0) is 29.2. The summed E-state index contributed by atoms with van der Waals surface area (Å²) in [5.74, 6) is 0. The molecule has 0 aliphatic carbocycles. The predicted octanol–water partition coefficient (Wildman–Crippen LogP) is 7.96. The molecule has 0 aliphatic rings. The Morgan fingerprint density at radius 1 is 0.756 bits per heavy atom. The van der Waals surface area contributed by atoms with Crippen LogP contribution in [0, 0.1) is 6.92 Å². The summed E-state index contributed by atoms with van der Waals surface area (Å²) < 4.78 is 71.6. The lowest BCUT2D eigenvalue weighted by atomic mass is 9.96. The second-order valence-electron chi connectivity index (χ2n) is 10.0. The third-order valence-corrected chi connectivity index (χ3v) is 8.08. The van der Waals surface area contributed by atoms with Crippen molar-refractivity contribution in [1.82, 2.24) is 5.32 Å². The number of halogens is 3. The van der Waals surface area contributed by atoms with Crippen LogP contribution in [-0.4, -0.2) is 13.0 Å². The van der Waals surface area contributed by atoms with E-state index >= 15 is 0 Å². The third-order valence-electron chi connectivity index (χ3n) is 7.23. The smallest absolute Gasteiger partial charge is 0.309 e. The van der Waals surface area contributed by atoms with Gasteiger partial charge in [-0.15, -0.1) is 0 Å². The van der Waals surface area contributed by atoms with Crippen molar-refractivity contribution in [2.24, 2.45) is 0 Å². The van der Waals surface area contributed by atoms with Crippen molar-refractivity contribution < 1.29 is 26.1 Å². The van der Waals surface area contributed by atoms with Crippen molar-refractivity contribution in [2.45, 2.75) is 37.5 Å². The molecule has 0 saturated heterocycles. The van der Waals surface area contributed by atoms with Crippen molar-refractivity contribution >= 4 is 20.9 Å². The topological polar surface area (TPSA) is 66.4 Å². The lowest BCUT2D eigenvalue weighted by Crippen LogP contribution is -2.14. The van der Waals surface area contributed by atoms with Crippen LogP contribution in [0.1, 0.15) is 33.4 Å². The van der Waals surface area contributed by atoms with Crippen molar-refractivity contribution in [3.05, 3.63) is 137 Å². The van der Waals surface area contributed by atoms with E-state index in [9.17, 15) is 26.1 Å². The summed E-state index contributed by atoms with van der Waals surface area (Å²) in [5, 5.41) is 5.44. The molecule has 210 valence electrons. The summed E-state index contributed by atoms with van der Waals surface area (Å²) in [6.45, 7) is 3.11. The molecule has 0 aliphatic heterocycles. The van der Waals surface area contributed by atoms with Crippen LogP contribution < -0.4 is 5.32 Å². The van der Waals surface area contributed by atoms with Gasteiger partial charge in [-0.1, -0.05) is 72.8 Å². The number of hydrogen-bond acceptors (Lipinski definition) is 3. The molecule has 0 aromatic heterocycles. The number of aryl methyl sites for hydroxylation is 1. The fraction of sp³-hybridized carbons (Fsp3) is 0.152. The van der Waals surface area contributed by atoms with Crippen LogP contribution >= 0.6 is 0 Å². The van der Waals surface area contributed by atoms with E-state index in [1.165, 1.54) is 24.3 Å². The normalized spacial score (nSPS) is 12.1. The summed E-state index contributed by atoms with van der Waals surface area (Å²) in [7, 11) is -4.28. The minimum absolute atomic E-state index is 0.119. The van der Waals surface area contributed by atoms with Gasteiger partial charge < -0.3 is 5.32 Å². The summed E-state index contributed by atoms with van der Waals surface area (Å²) >= 11 is 0. The van der Waals surface area contributed by atoms with Gasteiger partial charge in [0.2, 0.25) is 0 Å². The minimum atomic E-state index is -4.37. The van der Waals surface area contributed by atoms with Crippen LogP contribution in [0.4, 0.5) is 13.2 Å². The van der Waals surface area contributed by atoms with Gasteiger partial charge in [0.05, 0.1) is 10.5 Å². The second kappa shape index (κ2) is 11.5. The Labute approximate surface area is 237 Å². The Bertz CT molecular complexity index is 1810. The summed E-state index contributed by atoms with van der Waals surface area (Å²) in [4.78, 5) is -0.119. The highest BCUT2D eigenvalue weighted by molar-refractivity contribution is 7.85. The molecule has 0 radical (unpaired) electrons. The van der Waals surface area contributed by atoms with E-state index in [0.717, 1.165) is 61.8 Å². The van der Waals surface area contributed by atoms with Gasteiger partial charge in [0.25, 0.3) is 10.1 Å². The Morgan fingerprint density at radius 3 is 2.20 bits per heavy atom. The van der Waals surface area contributed by atoms with Gasteiger partial charge in [0.1, 0.15) is 0 Å². The molecular weight excluding hydrogens is 547 g/mol. The Kier molecular flexibility index (Phi) is 8.00. The maximum absolute atomic E-state index is 13.0. The van der Waals surface area contributed by atoms with Gasteiger partial charge in [-0.3, -0.25) is 4.55 Å². The first kappa shape index (κ1) is 28.5. The van der Waals surface area contributed by atoms with Crippen LogP contribution in [0.2, 0.25) is 0 Å². The fourth-order valence-corrected chi connectivity index (χ4v) is 5.51. The van der Waals surface area contributed by atoms with Crippen LogP contribution in [0.3, 0.4) is 0 Å². The molecule has 5 aromatic carbocycles. The molecule has 0 unspecified atom stereocenters. The molecule has 2 N–H and O–H groups in total. The summed E-state index contributed by atoms with van der Waals surface area (Å²) in [6.07, 6.45) is -3.84. The second-order valence-corrected chi connectivity index (χ2v) is 11.5. The van der Waals surface area contributed by atoms with Gasteiger partial charge in [0.15, 0.2) is 0 Å². The third kappa shape index (κ3) is 6.68. The molecule has 8 heteroatoms. The molecular formula is C33H28F3NO3S. The van der Waals surface area contributed by atoms with E-state index in [1.54, 1.807) is 6.07 Å². The molecule has 0 amide bonds. The van der Waals surface area contributed by atoms with Gasteiger partial charge in [-0.2, -0.15) is 21.6 Å². The van der Waals surface area contributed by atoms with E-state index in [1.807, 2.05) is 61.5 Å². The lowest BCUT2D eigenvalue weighted by Gasteiger charge is -2.14. The molecule has 5 aromatic rings. The summed E-state index contributed by atoms with van der Waals surface area (Å²) in [6, 6.07) is 29.7. The molecule has 0 fully saturated rings. The van der Waals surface area contributed by atoms with Crippen molar-refractivity contribution in [3.63, 3.8) is 0 Å². The van der Waals surface area contributed by atoms with Crippen LogP contribution in [0.15, 0.2) is 108 Å². The van der Waals surface area contributed by atoms with Gasteiger partial charge in [-0.05, 0) is 93.4 Å². The van der Waals surface area contributed by atoms with Crippen LogP contribution in [0.25, 0.3) is 21.9 Å². The van der Waals surface area contributed by atoms with Crippen molar-refractivity contribution in [1.29, 1.82) is 0 Å². The van der Waals surface area contributed by atoms with Crippen LogP contribution in [-0.2, 0) is 35.8 Å². The molecule has 0 bridgehead atoms. The zero-order valence-corrected chi connectivity index (χ0v) is 23.1. The maximum Gasteiger partial charge on any atom is 0.416 e. The fourth-order valence-electron chi connectivity index (χ4n) is 4.98. The quantitative estimate of drug-likeness (QED) is 0.184. The predicted molar refractivity (Wildman–Crippen MR) is 155 cm³/mol. The van der Waals surface area contributed by atoms with Gasteiger partial charge in [0, 0.05) is 13.1 Å². The number of hydrogen-bond donors (Lipinski definition) is 2. The zero-order valence-electron chi connectivity index (χ0n) is 22.2. The molecule has 0 heterocycles. The molecule has 0 spiro atoms. The SMILES string of the molecule is Cc1ccc(S(=O)(=O)O)cc1Cc1ccccc1CNCc1ccc2c(-c3ccc(C(F)(F)F)cc3)cccc2c1. The highest BCUT2D eigenvalue weighted by Crippen LogP contribution is 2.33. The molecule has 0 saturated carbocycles. The summed E-state index contributed by atoms with van der Waals surface area (Å²) in [5.41, 5.74) is 5.89. The standard InChI is InChI=1S/C33H28F3NO3S/c1-22-9-15-30(41(38,39)40)19-28(22)18-25-5-2-3-6-27(25)21-37-20-23-10-16-32-26(17-23)7-4-8-31(32)24-11-13-29(14-12-24)33(34,35)36/h2-17,19,37H,18,20-21H2,1H3,(H,38,39,40). The van der Waals surface area contributed by atoms with E-state index in [0.29, 0.717) is 19.5 Å². The van der Waals surface area contributed by atoms with Crippen molar-refractivity contribution in [3.8, 4) is 11.1 Å². The van der Waals surface area contributed by atoms with Gasteiger partial charge in [-0.25, -0.2) is 0 Å². The number of benzene rings is 5. The first-order chi connectivity index (χ1) is 19.5. The lowest BCUT2D eigenvalue weighted by molar-refractivity contribution is -0.137. The monoisotopic (exact) mass is 575 g/mol. The van der Waals surface area contributed by atoms with Crippen LogP contribution in [0.5, 0.6) is 0 Å². The number of rotatable bonds is 8. The Morgan fingerprint density at radius 2 is 1.49 bits per heavy atom. The molecule has 41 heavy (non-hydrogen) atoms. The van der Waals surface area contributed by atoms with E-state index in [-0.39, 0.29) is 4.90 Å². The minimum Gasteiger partial charge on any atom is -0.309 e.